The molecule has 0 aliphatic carbocycles. The second-order valence-corrected chi connectivity index (χ2v) is 6.14. The van der Waals surface area contributed by atoms with Crippen LogP contribution in [0.4, 0.5) is 4.79 Å². The Morgan fingerprint density at radius 1 is 1.24 bits per heavy atom. The third kappa shape index (κ3) is 5.37. The van der Waals surface area contributed by atoms with Crippen molar-refractivity contribution < 1.29 is 28.6 Å². The number of urea groups is 1. The highest BCUT2D eigenvalue weighted by Crippen LogP contribution is 2.41. The van der Waals surface area contributed by atoms with E-state index in [2.05, 4.69) is 5.32 Å². The maximum absolute atomic E-state index is 11.7. The van der Waals surface area contributed by atoms with Crippen molar-refractivity contribution in [3.05, 3.63) is 23.8 Å². The fraction of sp³-hybridized carbons (Fsp3) is 0.471. The number of esters is 1. The molecule has 0 unspecified atom stereocenters. The molecule has 0 spiro atoms. The number of amides is 3. The lowest BCUT2D eigenvalue weighted by atomic mass is 10.0. The van der Waals surface area contributed by atoms with Gasteiger partial charge >= 0.3 is 12.0 Å². The highest BCUT2D eigenvalue weighted by molar-refractivity contribution is 5.95. The van der Waals surface area contributed by atoms with E-state index in [1.54, 1.807) is 13.0 Å². The average molecular weight is 350 g/mol. The number of hydrogen-bond donors (Lipinski definition) is 2. The molecule has 8 nitrogen and oxygen atoms in total. The van der Waals surface area contributed by atoms with Crippen molar-refractivity contribution in [1.82, 2.24) is 10.6 Å². The molecular formula is C17H22N2O6. The minimum atomic E-state index is -0.721. The Balaban J connectivity index is 1.79. The number of benzene rings is 1. The third-order valence-electron chi connectivity index (χ3n) is 3.36. The van der Waals surface area contributed by atoms with Crippen LogP contribution in [-0.2, 0) is 20.7 Å². The van der Waals surface area contributed by atoms with Crippen LogP contribution in [0.1, 0.15) is 26.3 Å². The molecular weight excluding hydrogens is 328 g/mol. The topological polar surface area (TPSA) is 103 Å². The minimum absolute atomic E-state index is 0.320. The van der Waals surface area contributed by atoms with Gasteiger partial charge in [0, 0.05) is 18.5 Å². The molecule has 1 heterocycles. The number of imide groups is 1. The van der Waals surface area contributed by atoms with Gasteiger partial charge < -0.3 is 19.5 Å². The molecule has 1 aliphatic rings. The monoisotopic (exact) mass is 350 g/mol. The van der Waals surface area contributed by atoms with Gasteiger partial charge in [0.1, 0.15) is 5.60 Å². The summed E-state index contributed by atoms with van der Waals surface area (Å²) in [7, 11) is 0. The summed E-state index contributed by atoms with van der Waals surface area (Å²) in [6.07, 6.45) is 0.754. The molecule has 2 N–H and O–H groups in total. The zero-order chi connectivity index (χ0) is 18.4. The van der Waals surface area contributed by atoms with E-state index in [1.165, 1.54) is 0 Å². The van der Waals surface area contributed by atoms with Crippen LogP contribution in [0.3, 0.4) is 0 Å². The molecule has 0 saturated heterocycles. The number of hydrogen-bond acceptors (Lipinski definition) is 6. The molecule has 0 radical (unpaired) electrons. The summed E-state index contributed by atoms with van der Waals surface area (Å²) in [5.74, 6) is -0.369. The van der Waals surface area contributed by atoms with E-state index in [-0.39, 0.29) is 12.2 Å². The van der Waals surface area contributed by atoms with Crippen molar-refractivity contribution in [2.75, 3.05) is 19.8 Å². The molecule has 3 amide bonds. The Hall–Kier alpha value is -2.77. The molecule has 0 atom stereocenters. The van der Waals surface area contributed by atoms with Gasteiger partial charge in [0.05, 0.1) is 0 Å². The Kier molecular flexibility index (Phi) is 5.84. The fourth-order valence-electron chi connectivity index (χ4n) is 2.39. The van der Waals surface area contributed by atoms with Crippen molar-refractivity contribution in [1.29, 1.82) is 0 Å². The average Bonchev–Trinajstić information content (AvgIpc) is 2.85. The van der Waals surface area contributed by atoms with Crippen LogP contribution >= 0.6 is 0 Å². The van der Waals surface area contributed by atoms with Crippen molar-refractivity contribution >= 4 is 17.9 Å². The lowest BCUT2D eigenvalue weighted by Crippen LogP contribution is -2.41. The largest absolute Gasteiger partial charge is 0.483 e. The van der Waals surface area contributed by atoms with Crippen LogP contribution in [0, 0.1) is 0 Å². The molecule has 8 heteroatoms. The quantitative estimate of drug-likeness (QED) is 0.747. The van der Waals surface area contributed by atoms with Gasteiger partial charge in [-0.3, -0.25) is 10.1 Å². The van der Waals surface area contributed by atoms with Gasteiger partial charge in [-0.15, -0.1) is 0 Å². The number of carbonyl (C=O) groups excluding carboxylic acids is 3. The molecule has 1 aliphatic heterocycles. The zero-order valence-electron chi connectivity index (χ0n) is 14.5. The maximum Gasteiger partial charge on any atom is 0.344 e. The number of para-hydroxylation sites is 1. The molecule has 0 aromatic heterocycles. The second-order valence-electron chi connectivity index (χ2n) is 6.14. The molecule has 0 saturated carbocycles. The smallest absolute Gasteiger partial charge is 0.344 e. The van der Waals surface area contributed by atoms with Crippen molar-refractivity contribution in [3.63, 3.8) is 0 Å². The van der Waals surface area contributed by atoms with E-state index in [9.17, 15) is 14.4 Å². The number of rotatable bonds is 6. The van der Waals surface area contributed by atoms with E-state index >= 15 is 0 Å². The predicted octanol–water partition coefficient (Wildman–Crippen LogP) is 1.17. The summed E-state index contributed by atoms with van der Waals surface area (Å²) in [5, 5.41) is 4.42. The van der Waals surface area contributed by atoms with E-state index in [0.717, 1.165) is 12.0 Å². The summed E-state index contributed by atoms with van der Waals surface area (Å²) in [5.41, 5.74) is 0.691. The van der Waals surface area contributed by atoms with Gasteiger partial charge in [-0.1, -0.05) is 12.1 Å². The highest BCUT2D eigenvalue weighted by atomic mass is 16.6. The molecule has 25 heavy (non-hydrogen) atoms. The Bertz CT molecular complexity index is 671. The highest BCUT2D eigenvalue weighted by Gasteiger charge is 2.32. The van der Waals surface area contributed by atoms with Gasteiger partial charge in [0.15, 0.2) is 24.7 Å². The number of carbonyl (C=O) groups is 3. The van der Waals surface area contributed by atoms with Gasteiger partial charge in [-0.25, -0.2) is 9.59 Å². The van der Waals surface area contributed by atoms with Crippen molar-refractivity contribution in [2.24, 2.45) is 0 Å². The van der Waals surface area contributed by atoms with Crippen LogP contribution in [0.25, 0.3) is 0 Å². The molecule has 0 fully saturated rings. The van der Waals surface area contributed by atoms with Crippen LogP contribution in [0.15, 0.2) is 18.2 Å². The summed E-state index contributed by atoms with van der Waals surface area (Å²) < 4.78 is 16.1. The van der Waals surface area contributed by atoms with Crippen molar-refractivity contribution in [2.45, 2.75) is 32.8 Å². The summed E-state index contributed by atoms with van der Waals surface area (Å²) >= 11 is 0. The normalized spacial score (nSPS) is 14.0. The summed E-state index contributed by atoms with van der Waals surface area (Å²) in [6, 6.07) is 4.83. The standard InChI is InChI=1S/C17H22N2O6/c1-4-18-16(22)19-13(20)9-24-14(21)10-23-12-7-5-6-11-8-17(2,3)25-15(11)12/h5-7H,4,8-10H2,1-3H3,(H2,18,19,20,22). The first-order chi connectivity index (χ1) is 11.8. The van der Waals surface area contributed by atoms with Crippen LogP contribution in [0.2, 0.25) is 0 Å². The fourth-order valence-corrected chi connectivity index (χ4v) is 2.39. The lowest BCUT2D eigenvalue weighted by molar-refractivity contribution is -0.150. The van der Waals surface area contributed by atoms with Gasteiger partial charge in [-0.05, 0) is 26.8 Å². The summed E-state index contributed by atoms with van der Waals surface area (Å²) in [6.45, 7) is 5.11. The van der Waals surface area contributed by atoms with Crippen LogP contribution < -0.4 is 20.1 Å². The number of fused-ring (bicyclic) bond motifs is 1. The molecule has 2 rings (SSSR count). The second kappa shape index (κ2) is 7.87. The first kappa shape index (κ1) is 18.6. The summed E-state index contributed by atoms with van der Waals surface area (Å²) in [4.78, 5) is 34.3. The van der Waals surface area contributed by atoms with E-state index in [4.69, 9.17) is 14.2 Å². The minimum Gasteiger partial charge on any atom is -0.483 e. The number of ether oxygens (including phenoxy) is 3. The number of nitrogens with one attached hydrogen (secondary N) is 2. The predicted molar refractivity (Wildman–Crippen MR) is 88.5 cm³/mol. The van der Waals surface area contributed by atoms with E-state index in [0.29, 0.717) is 18.0 Å². The van der Waals surface area contributed by atoms with Crippen LogP contribution in [0.5, 0.6) is 11.5 Å². The molecule has 136 valence electrons. The molecule has 1 aromatic rings. The van der Waals surface area contributed by atoms with Crippen LogP contribution in [-0.4, -0.2) is 43.3 Å². The van der Waals surface area contributed by atoms with Gasteiger partial charge in [0.25, 0.3) is 5.91 Å². The third-order valence-corrected chi connectivity index (χ3v) is 3.36. The Labute approximate surface area is 145 Å². The van der Waals surface area contributed by atoms with E-state index < -0.39 is 24.5 Å². The van der Waals surface area contributed by atoms with Gasteiger partial charge in [-0.2, -0.15) is 0 Å². The van der Waals surface area contributed by atoms with E-state index in [1.807, 2.05) is 31.3 Å². The van der Waals surface area contributed by atoms with Crippen molar-refractivity contribution in [3.8, 4) is 11.5 Å². The maximum atomic E-state index is 11.7. The Morgan fingerprint density at radius 3 is 2.72 bits per heavy atom. The first-order valence-corrected chi connectivity index (χ1v) is 7.98. The molecule has 1 aromatic carbocycles. The Morgan fingerprint density at radius 2 is 2.00 bits per heavy atom. The molecule has 0 bridgehead atoms. The zero-order valence-corrected chi connectivity index (χ0v) is 14.5. The van der Waals surface area contributed by atoms with Gasteiger partial charge in [0.2, 0.25) is 0 Å². The SMILES string of the molecule is CCNC(=O)NC(=O)COC(=O)COc1cccc2c1OC(C)(C)C2. The lowest BCUT2D eigenvalue weighted by Gasteiger charge is -2.18. The first-order valence-electron chi connectivity index (χ1n) is 7.98.